The summed E-state index contributed by atoms with van der Waals surface area (Å²) in [6, 6.07) is 7.05. The van der Waals surface area contributed by atoms with Gasteiger partial charge in [0.15, 0.2) is 0 Å². The van der Waals surface area contributed by atoms with E-state index in [-0.39, 0.29) is 17.1 Å². The van der Waals surface area contributed by atoms with Gasteiger partial charge in [0.05, 0.1) is 0 Å². The van der Waals surface area contributed by atoms with Crippen LogP contribution in [0.1, 0.15) is 44.6 Å². The Morgan fingerprint density at radius 3 is 2.37 bits per heavy atom. The molecular weight excluding hydrogens is 238 g/mol. The Kier molecular flexibility index (Phi) is 4.13. The molecule has 104 valence electrons. The fraction of sp³-hybridized carbons (Fsp3) is 0.562. The highest BCUT2D eigenvalue weighted by molar-refractivity contribution is 5.82. The van der Waals surface area contributed by atoms with E-state index in [1.807, 2.05) is 24.1 Å². The highest BCUT2D eigenvalue weighted by Crippen LogP contribution is 2.37. The van der Waals surface area contributed by atoms with Crippen LogP contribution in [-0.4, -0.2) is 23.0 Å². The number of rotatable bonds is 3. The van der Waals surface area contributed by atoms with E-state index in [0.29, 0.717) is 6.54 Å². The van der Waals surface area contributed by atoms with Crippen molar-refractivity contribution in [2.45, 2.75) is 45.6 Å². The SMILES string of the molecule is CN(Cc1ccc(O)cc1)C(=O)C1(C)CCCCC1. The Morgan fingerprint density at radius 2 is 1.79 bits per heavy atom. The van der Waals surface area contributed by atoms with Crippen LogP contribution in [-0.2, 0) is 11.3 Å². The van der Waals surface area contributed by atoms with E-state index in [1.165, 1.54) is 6.42 Å². The van der Waals surface area contributed by atoms with Gasteiger partial charge < -0.3 is 10.0 Å². The van der Waals surface area contributed by atoms with Crippen molar-refractivity contribution in [3.63, 3.8) is 0 Å². The van der Waals surface area contributed by atoms with Crippen molar-refractivity contribution in [2.75, 3.05) is 7.05 Å². The molecule has 0 aromatic heterocycles. The summed E-state index contributed by atoms with van der Waals surface area (Å²) >= 11 is 0. The second-order valence-corrected chi connectivity index (χ2v) is 5.95. The summed E-state index contributed by atoms with van der Waals surface area (Å²) < 4.78 is 0. The Morgan fingerprint density at radius 1 is 1.21 bits per heavy atom. The molecule has 1 amide bonds. The zero-order valence-electron chi connectivity index (χ0n) is 11.9. The van der Waals surface area contributed by atoms with E-state index < -0.39 is 0 Å². The second-order valence-electron chi connectivity index (χ2n) is 5.95. The highest BCUT2D eigenvalue weighted by atomic mass is 16.3. The predicted molar refractivity (Wildman–Crippen MR) is 75.8 cm³/mol. The summed E-state index contributed by atoms with van der Waals surface area (Å²) in [5, 5.41) is 9.26. The summed E-state index contributed by atoms with van der Waals surface area (Å²) in [5.41, 5.74) is 0.872. The molecule has 3 heteroatoms. The maximum absolute atomic E-state index is 12.6. The molecule has 0 bridgehead atoms. The average Bonchev–Trinajstić information content (AvgIpc) is 2.41. The van der Waals surface area contributed by atoms with Crippen molar-refractivity contribution in [1.29, 1.82) is 0 Å². The Hall–Kier alpha value is -1.51. The van der Waals surface area contributed by atoms with E-state index in [4.69, 9.17) is 0 Å². The van der Waals surface area contributed by atoms with Gasteiger partial charge in [-0.15, -0.1) is 0 Å². The molecular formula is C16H23NO2. The number of phenols is 1. The number of carbonyl (C=O) groups is 1. The maximum Gasteiger partial charge on any atom is 0.228 e. The summed E-state index contributed by atoms with van der Waals surface area (Å²) in [5.74, 6) is 0.511. The fourth-order valence-corrected chi connectivity index (χ4v) is 2.95. The Labute approximate surface area is 115 Å². The van der Waals surface area contributed by atoms with Crippen LogP contribution in [0.25, 0.3) is 0 Å². The minimum absolute atomic E-state index is 0.177. The normalized spacial score (nSPS) is 18.0. The van der Waals surface area contributed by atoms with Crippen molar-refractivity contribution >= 4 is 5.91 Å². The first-order chi connectivity index (χ1) is 9.01. The molecule has 0 aliphatic heterocycles. The maximum atomic E-state index is 12.6. The quantitative estimate of drug-likeness (QED) is 0.906. The third-order valence-electron chi connectivity index (χ3n) is 4.18. The average molecular weight is 261 g/mol. The van der Waals surface area contributed by atoms with Gasteiger partial charge in [-0.2, -0.15) is 0 Å². The van der Waals surface area contributed by atoms with Crippen LogP contribution < -0.4 is 0 Å². The van der Waals surface area contributed by atoms with Crippen molar-refractivity contribution in [3.8, 4) is 5.75 Å². The molecule has 1 aliphatic carbocycles. The molecule has 0 atom stereocenters. The van der Waals surface area contributed by atoms with Crippen molar-refractivity contribution in [2.24, 2.45) is 5.41 Å². The van der Waals surface area contributed by atoms with Gasteiger partial charge in [-0.1, -0.05) is 38.3 Å². The van der Waals surface area contributed by atoms with Crippen LogP contribution >= 0.6 is 0 Å². The molecule has 1 fully saturated rings. The van der Waals surface area contributed by atoms with E-state index in [0.717, 1.165) is 31.2 Å². The Balaban J connectivity index is 2.00. The monoisotopic (exact) mass is 261 g/mol. The summed E-state index contributed by atoms with van der Waals surface area (Å²) in [7, 11) is 1.87. The van der Waals surface area contributed by atoms with Crippen LogP contribution in [0.5, 0.6) is 5.75 Å². The lowest BCUT2D eigenvalue weighted by Gasteiger charge is -2.35. The van der Waals surface area contributed by atoms with E-state index >= 15 is 0 Å². The first-order valence-corrected chi connectivity index (χ1v) is 7.05. The molecule has 3 nitrogen and oxygen atoms in total. The third kappa shape index (κ3) is 3.28. The smallest absolute Gasteiger partial charge is 0.228 e. The lowest BCUT2D eigenvalue weighted by molar-refractivity contribution is -0.142. The third-order valence-corrected chi connectivity index (χ3v) is 4.18. The van der Waals surface area contributed by atoms with E-state index in [9.17, 15) is 9.90 Å². The lowest BCUT2D eigenvalue weighted by Crippen LogP contribution is -2.41. The largest absolute Gasteiger partial charge is 0.508 e. The van der Waals surface area contributed by atoms with Gasteiger partial charge in [0, 0.05) is 19.0 Å². The summed E-state index contributed by atoms with van der Waals surface area (Å²) in [6.07, 6.45) is 5.59. The molecule has 0 heterocycles. The fourth-order valence-electron chi connectivity index (χ4n) is 2.95. The molecule has 1 aliphatic rings. The highest BCUT2D eigenvalue weighted by Gasteiger charge is 2.36. The first-order valence-electron chi connectivity index (χ1n) is 7.05. The molecule has 0 radical (unpaired) electrons. The zero-order chi connectivity index (χ0) is 13.9. The van der Waals surface area contributed by atoms with Crippen molar-refractivity contribution in [3.05, 3.63) is 29.8 Å². The minimum Gasteiger partial charge on any atom is -0.508 e. The van der Waals surface area contributed by atoms with E-state index in [2.05, 4.69) is 6.92 Å². The number of hydrogen-bond acceptors (Lipinski definition) is 2. The summed E-state index contributed by atoms with van der Waals surface area (Å²) in [6.45, 7) is 2.70. The van der Waals surface area contributed by atoms with Gasteiger partial charge in [0.1, 0.15) is 5.75 Å². The second kappa shape index (κ2) is 5.64. The molecule has 0 saturated heterocycles. The summed E-state index contributed by atoms with van der Waals surface area (Å²) in [4.78, 5) is 14.4. The number of aromatic hydroxyl groups is 1. The standard InChI is InChI=1S/C16H23NO2/c1-16(10-4-3-5-11-16)15(19)17(2)12-13-6-8-14(18)9-7-13/h6-9,18H,3-5,10-12H2,1-2H3. The number of hydrogen-bond donors (Lipinski definition) is 1. The molecule has 1 saturated carbocycles. The first kappa shape index (κ1) is 13.9. The van der Waals surface area contributed by atoms with Gasteiger partial charge in [-0.05, 0) is 30.5 Å². The number of benzene rings is 1. The van der Waals surface area contributed by atoms with Gasteiger partial charge in [0.25, 0.3) is 0 Å². The van der Waals surface area contributed by atoms with Crippen LogP contribution in [0.4, 0.5) is 0 Å². The van der Waals surface area contributed by atoms with Crippen LogP contribution in [0.2, 0.25) is 0 Å². The molecule has 0 unspecified atom stereocenters. The van der Waals surface area contributed by atoms with Gasteiger partial charge in [-0.3, -0.25) is 4.79 Å². The van der Waals surface area contributed by atoms with Crippen LogP contribution in [0.3, 0.4) is 0 Å². The molecule has 2 rings (SSSR count). The van der Waals surface area contributed by atoms with E-state index in [1.54, 1.807) is 12.1 Å². The Bertz CT molecular complexity index is 433. The van der Waals surface area contributed by atoms with Gasteiger partial charge in [0.2, 0.25) is 5.91 Å². The molecule has 1 aromatic rings. The van der Waals surface area contributed by atoms with Crippen molar-refractivity contribution in [1.82, 2.24) is 4.90 Å². The number of nitrogens with zero attached hydrogens (tertiary/aromatic N) is 1. The molecule has 19 heavy (non-hydrogen) atoms. The number of amides is 1. The van der Waals surface area contributed by atoms with Crippen molar-refractivity contribution < 1.29 is 9.90 Å². The predicted octanol–water partition coefficient (Wildman–Crippen LogP) is 3.32. The molecule has 0 spiro atoms. The van der Waals surface area contributed by atoms with Gasteiger partial charge >= 0.3 is 0 Å². The molecule has 1 N–H and O–H groups in total. The lowest BCUT2D eigenvalue weighted by atomic mass is 9.74. The topological polar surface area (TPSA) is 40.5 Å². The number of carbonyl (C=O) groups excluding carboxylic acids is 1. The zero-order valence-corrected chi connectivity index (χ0v) is 11.9. The minimum atomic E-state index is -0.177. The van der Waals surface area contributed by atoms with Crippen LogP contribution in [0, 0.1) is 5.41 Å². The molecule has 1 aromatic carbocycles. The number of phenolic OH excluding ortho intramolecular Hbond substituents is 1. The van der Waals surface area contributed by atoms with Crippen LogP contribution in [0.15, 0.2) is 24.3 Å². The van der Waals surface area contributed by atoms with Gasteiger partial charge in [-0.25, -0.2) is 0 Å².